The van der Waals surface area contributed by atoms with E-state index in [1.165, 1.54) is 0 Å². The van der Waals surface area contributed by atoms with Crippen LogP contribution in [0.1, 0.15) is 30.9 Å². The highest BCUT2D eigenvalue weighted by atomic mass is 32.2. The molecule has 0 amide bonds. The molecule has 1 aliphatic rings. The first-order valence-corrected chi connectivity index (χ1v) is 16.7. The lowest BCUT2D eigenvalue weighted by molar-refractivity contribution is 0.130. The van der Waals surface area contributed by atoms with Crippen molar-refractivity contribution in [2.45, 2.75) is 43.2 Å². The number of rotatable bonds is 12. The van der Waals surface area contributed by atoms with E-state index < -0.39 is 23.7 Å². The predicted octanol–water partition coefficient (Wildman–Crippen LogP) is 2.58. The summed E-state index contributed by atoms with van der Waals surface area (Å²) in [5.41, 5.74) is 6.87. The van der Waals surface area contributed by atoms with Crippen molar-refractivity contribution in [3.05, 3.63) is 83.9 Å². The van der Waals surface area contributed by atoms with E-state index in [0.717, 1.165) is 55.8 Å². The molecule has 0 bridgehead atoms. The van der Waals surface area contributed by atoms with Gasteiger partial charge < -0.3 is 29.9 Å². The fourth-order valence-electron chi connectivity index (χ4n) is 4.68. The van der Waals surface area contributed by atoms with Gasteiger partial charge in [-0.15, -0.1) is 0 Å². The van der Waals surface area contributed by atoms with E-state index >= 15 is 0 Å². The lowest BCUT2D eigenvalue weighted by atomic mass is 10.1. The minimum Gasteiger partial charge on any atom is -0.492 e. The molecule has 14 heteroatoms. The molecule has 0 aromatic heterocycles. The van der Waals surface area contributed by atoms with Crippen molar-refractivity contribution < 1.29 is 32.2 Å². The summed E-state index contributed by atoms with van der Waals surface area (Å²) in [6.45, 7) is 3.28. The van der Waals surface area contributed by atoms with Gasteiger partial charge in [0.05, 0.1) is 22.1 Å². The summed E-state index contributed by atoms with van der Waals surface area (Å²) in [5, 5.41) is 15.2. The van der Waals surface area contributed by atoms with E-state index in [1.54, 1.807) is 31.2 Å². The van der Waals surface area contributed by atoms with Gasteiger partial charge in [-0.05, 0) is 67.4 Å². The predicted molar refractivity (Wildman–Crippen MR) is 164 cm³/mol. The summed E-state index contributed by atoms with van der Waals surface area (Å²) in [7, 11) is -8.61. The number of nitrogen functional groups attached to an aromatic ring is 1. The third-order valence-electron chi connectivity index (χ3n) is 7.03. The molecule has 7 N–H and O–H groups in total. The molecule has 1 heterocycles. The Morgan fingerprint density at radius 3 is 2.28 bits per heavy atom. The standard InChI is InChI=1S/C29H36N5O7PS/c1-20(30)34-15-13-25(14-16-34)41-24-7-5-21(6-8-24)17-23(19-40-26-4-2-3-22(18-26)29(31)32)33-43(38,39)28-11-9-27(10-12-28)42(35,36)37/h2-12,18,23,25,30,33H,13-17,19H2,1H3,(H3,31,32)(H2,35,36,37)/t23-/m0/s1. The fraction of sp³-hybridized carbons (Fsp3) is 0.310. The molecular formula is C29H36N5O7PS. The van der Waals surface area contributed by atoms with Crippen LogP contribution >= 0.6 is 7.60 Å². The van der Waals surface area contributed by atoms with Gasteiger partial charge in [-0.1, -0.05) is 24.3 Å². The second kappa shape index (κ2) is 13.7. The summed E-state index contributed by atoms with van der Waals surface area (Å²) >= 11 is 0. The molecular weight excluding hydrogens is 593 g/mol. The topological polar surface area (TPSA) is 199 Å². The fourth-order valence-corrected chi connectivity index (χ4v) is 6.44. The third kappa shape index (κ3) is 9.12. The second-order valence-corrected chi connectivity index (χ2v) is 13.7. The normalized spacial score (nSPS) is 15.1. The number of likely N-dealkylation sites (tertiary alicyclic amines) is 1. The van der Waals surface area contributed by atoms with Crippen LogP contribution in [0.2, 0.25) is 0 Å². The Labute approximate surface area is 251 Å². The minimum absolute atomic E-state index is 0.0512. The van der Waals surface area contributed by atoms with Gasteiger partial charge in [0.15, 0.2) is 0 Å². The van der Waals surface area contributed by atoms with Crippen molar-refractivity contribution in [3.8, 4) is 11.5 Å². The highest BCUT2D eigenvalue weighted by Crippen LogP contribution is 2.33. The molecule has 0 spiro atoms. The Morgan fingerprint density at radius 1 is 1.05 bits per heavy atom. The third-order valence-corrected chi connectivity index (χ3v) is 9.53. The molecule has 230 valence electrons. The highest BCUT2D eigenvalue weighted by molar-refractivity contribution is 7.89. The van der Waals surface area contributed by atoms with E-state index in [9.17, 15) is 22.8 Å². The molecule has 1 fully saturated rings. The number of ether oxygens (including phenoxy) is 2. The molecule has 1 atom stereocenters. The molecule has 3 aromatic carbocycles. The molecule has 1 aliphatic heterocycles. The molecule has 1 saturated heterocycles. The number of piperidine rings is 1. The zero-order valence-corrected chi connectivity index (χ0v) is 25.4. The van der Waals surface area contributed by atoms with Crippen LogP contribution in [0.15, 0.2) is 77.7 Å². The Bertz CT molecular complexity index is 1590. The first-order valence-electron chi connectivity index (χ1n) is 13.6. The van der Waals surface area contributed by atoms with Gasteiger partial charge in [0.25, 0.3) is 0 Å². The number of nitrogens with one attached hydrogen (secondary N) is 3. The number of nitrogens with zero attached hydrogens (tertiary/aromatic N) is 1. The average Bonchev–Trinajstić information content (AvgIpc) is 2.97. The number of nitrogens with two attached hydrogens (primary N) is 1. The summed E-state index contributed by atoms with van der Waals surface area (Å²) in [4.78, 5) is 20.6. The smallest absolute Gasteiger partial charge is 0.356 e. The van der Waals surface area contributed by atoms with Gasteiger partial charge in [0, 0.05) is 31.5 Å². The Morgan fingerprint density at radius 2 is 1.70 bits per heavy atom. The molecule has 4 rings (SSSR count). The van der Waals surface area contributed by atoms with Crippen molar-refractivity contribution in [2.75, 3.05) is 19.7 Å². The summed E-state index contributed by atoms with van der Waals surface area (Å²) in [6, 6.07) is 17.8. The van der Waals surface area contributed by atoms with Crippen molar-refractivity contribution in [1.29, 1.82) is 10.8 Å². The lowest BCUT2D eigenvalue weighted by Crippen LogP contribution is -2.40. The zero-order chi connectivity index (χ0) is 31.2. The summed E-state index contributed by atoms with van der Waals surface area (Å²) in [5.74, 6) is 1.55. The monoisotopic (exact) mass is 629 g/mol. The quantitative estimate of drug-likeness (QED) is 0.0990. The largest absolute Gasteiger partial charge is 0.492 e. The second-order valence-electron chi connectivity index (χ2n) is 10.3. The molecule has 3 aromatic rings. The zero-order valence-electron chi connectivity index (χ0n) is 23.6. The van der Waals surface area contributed by atoms with Gasteiger partial charge in [-0.25, -0.2) is 13.1 Å². The number of sulfonamides is 1. The number of benzene rings is 3. The molecule has 0 aliphatic carbocycles. The van der Waals surface area contributed by atoms with Crippen LogP contribution in [0.5, 0.6) is 11.5 Å². The van der Waals surface area contributed by atoms with Crippen LogP contribution in [0.25, 0.3) is 0 Å². The molecule has 43 heavy (non-hydrogen) atoms. The maximum atomic E-state index is 13.2. The van der Waals surface area contributed by atoms with Crippen LogP contribution in [-0.2, 0) is 21.0 Å². The highest BCUT2D eigenvalue weighted by Gasteiger charge is 2.24. The van der Waals surface area contributed by atoms with Crippen LogP contribution in [0.4, 0.5) is 0 Å². The average molecular weight is 630 g/mol. The van der Waals surface area contributed by atoms with Gasteiger partial charge in [0.1, 0.15) is 30.0 Å². The minimum atomic E-state index is -4.52. The van der Waals surface area contributed by atoms with E-state index in [1.807, 2.05) is 29.2 Å². The first-order chi connectivity index (χ1) is 20.3. The van der Waals surface area contributed by atoms with Crippen molar-refractivity contribution in [1.82, 2.24) is 9.62 Å². The molecule has 0 radical (unpaired) electrons. The summed E-state index contributed by atoms with van der Waals surface area (Å²) in [6.07, 6.45) is 1.96. The maximum absolute atomic E-state index is 13.2. The van der Waals surface area contributed by atoms with E-state index in [2.05, 4.69) is 4.72 Å². The van der Waals surface area contributed by atoms with Gasteiger partial charge in [-0.2, -0.15) is 0 Å². The SMILES string of the molecule is CC(=N)N1CCC(Oc2ccc(C[C@@H](COc3cccc(C(=N)N)c3)NS(=O)(=O)c3ccc(P(=O)(O)O)cc3)cc2)CC1. The van der Waals surface area contributed by atoms with Crippen molar-refractivity contribution >= 4 is 34.6 Å². The van der Waals surface area contributed by atoms with Gasteiger partial charge >= 0.3 is 7.60 Å². The molecule has 0 saturated carbocycles. The van der Waals surface area contributed by atoms with Crippen molar-refractivity contribution in [2.24, 2.45) is 5.73 Å². The summed E-state index contributed by atoms with van der Waals surface area (Å²) < 4.78 is 52.7. The van der Waals surface area contributed by atoms with Gasteiger partial charge in [-0.3, -0.25) is 15.4 Å². The van der Waals surface area contributed by atoms with Crippen LogP contribution in [0, 0.1) is 10.8 Å². The van der Waals surface area contributed by atoms with Crippen LogP contribution in [-0.4, -0.2) is 66.6 Å². The van der Waals surface area contributed by atoms with Crippen LogP contribution in [0.3, 0.4) is 0 Å². The lowest BCUT2D eigenvalue weighted by Gasteiger charge is -2.32. The Balaban J connectivity index is 1.47. The van der Waals surface area contributed by atoms with Crippen LogP contribution < -0.4 is 25.2 Å². The number of amidine groups is 2. The number of hydrogen-bond acceptors (Lipinski definition) is 7. The van der Waals surface area contributed by atoms with E-state index in [4.69, 9.17) is 26.0 Å². The Hall–Kier alpha value is -3.74. The number of hydrogen-bond donors (Lipinski definition) is 6. The Kier molecular flexibility index (Phi) is 10.3. The molecule has 12 nitrogen and oxygen atoms in total. The first kappa shape index (κ1) is 32.2. The van der Waals surface area contributed by atoms with Gasteiger partial charge in [0.2, 0.25) is 10.0 Å². The van der Waals surface area contributed by atoms with E-state index in [0.29, 0.717) is 22.9 Å². The molecule has 0 unspecified atom stereocenters. The van der Waals surface area contributed by atoms with Crippen molar-refractivity contribution in [3.63, 3.8) is 0 Å². The maximum Gasteiger partial charge on any atom is 0.356 e. The van der Waals surface area contributed by atoms with E-state index in [-0.39, 0.29) is 35.2 Å².